The summed E-state index contributed by atoms with van der Waals surface area (Å²) < 4.78 is 24.4. The molecule has 0 fully saturated rings. The number of halogens is 1. The molecule has 1 N–H and O–H groups in total. The maximum atomic E-state index is 13.6. The summed E-state index contributed by atoms with van der Waals surface area (Å²) in [5.74, 6) is -0.567. The van der Waals surface area contributed by atoms with E-state index in [1.165, 1.54) is 24.0 Å². The number of fused-ring (bicyclic) bond motifs is 1. The second kappa shape index (κ2) is 8.69. The van der Waals surface area contributed by atoms with Gasteiger partial charge in [0.1, 0.15) is 23.2 Å². The maximum absolute atomic E-state index is 13.6. The molecule has 8 heteroatoms. The highest BCUT2D eigenvalue weighted by atomic mass is 19.1. The van der Waals surface area contributed by atoms with Crippen LogP contribution in [0.2, 0.25) is 0 Å². The van der Waals surface area contributed by atoms with Gasteiger partial charge in [-0.1, -0.05) is 48.5 Å². The topological polar surface area (TPSA) is 90.1 Å². The first-order valence-corrected chi connectivity index (χ1v) is 9.47. The Kier molecular flexibility index (Phi) is 5.65. The highest BCUT2D eigenvalue weighted by Gasteiger charge is 2.19. The zero-order valence-corrected chi connectivity index (χ0v) is 16.3. The SMILES string of the molecule is CCc1ccc(CNC(=O)COc2ncnc3onc(-c4cccc(F)c4)c23)cc1. The number of carbonyl (C=O) groups is 1. The van der Waals surface area contributed by atoms with Crippen molar-refractivity contribution >= 4 is 17.0 Å². The number of hydrogen-bond acceptors (Lipinski definition) is 6. The van der Waals surface area contributed by atoms with E-state index in [-0.39, 0.29) is 24.1 Å². The predicted molar refractivity (Wildman–Crippen MR) is 108 cm³/mol. The van der Waals surface area contributed by atoms with Crippen LogP contribution in [0.5, 0.6) is 5.88 Å². The number of aromatic nitrogens is 3. The van der Waals surface area contributed by atoms with Crippen molar-refractivity contribution in [2.45, 2.75) is 19.9 Å². The molecule has 0 unspecified atom stereocenters. The van der Waals surface area contributed by atoms with Crippen LogP contribution in [0.25, 0.3) is 22.4 Å². The molecule has 0 aliphatic carbocycles. The Morgan fingerprint density at radius 3 is 2.70 bits per heavy atom. The number of ether oxygens (including phenoxy) is 1. The van der Waals surface area contributed by atoms with E-state index in [1.807, 2.05) is 24.3 Å². The van der Waals surface area contributed by atoms with Crippen molar-refractivity contribution in [2.24, 2.45) is 0 Å². The van der Waals surface area contributed by atoms with Crippen LogP contribution in [0.3, 0.4) is 0 Å². The molecule has 0 saturated carbocycles. The van der Waals surface area contributed by atoms with Gasteiger partial charge in [0.15, 0.2) is 6.61 Å². The van der Waals surface area contributed by atoms with Crippen molar-refractivity contribution in [3.05, 3.63) is 71.8 Å². The standard InChI is InChI=1S/C22H19FN4O3/c1-2-14-6-8-15(9-7-14)11-24-18(28)12-29-21-19-20(16-4-3-5-17(23)10-16)27-30-22(19)26-13-25-21/h3-10,13H,2,11-12H2,1H3,(H,24,28). The van der Waals surface area contributed by atoms with Gasteiger partial charge in [0, 0.05) is 12.1 Å². The van der Waals surface area contributed by atoms with Gasteiger partial charge in [0.05, 0.1) is 0 Å². The van der Waals surface area contributed by atoms with E-state index in [1.54, 1.807) is 12.1 Å². The molecule has 152 valence electrons. The van der Waals surface area contributed by atoms with Gasteiger partial charge >= 0.3 is 0 Å². The molecular weight excluding hydrogens is 387 g/mol. The molecule has 2 aromatic carbocycles. The normalized spacial score (nSPS) is 10.9. The van der Waals surface area contributed by atoms with Gasteiger partial charge in [-0.3, -0.25) is 4.79 Å². The number of amides is 1. The molecule has 4 aromatic rings. The quantitative estimate of drug-likeness (QED) is 0.504. The molecule has 0 atom stereocenters. The van der Waals surface area contributed by atoms with Crippen LogP contribution in [0.15, 0.2) is 59.4 Å². The molecule has 0 spiro atoms. The van der Waals surface area contributed by atoms with Gasteiger partial charge in [-0.2, -0.15) is 4.98 Å². The summed E-state index contributed by atoms with van der Waals surface area (Å²) in [6, 6.07) is 14.0. The minimum absolute atomic E-state index is 0.142. The van der Waals surface area contributed by atoms with E-state index >= 15 is 0 Å². The number of aryl methyl sites for hydroxylation is 1. The number of rotatable bonds is 7. The number of carbonyl (C=O) groups excluding carboxylic acids is 1. The zero-order valence-electron chi connectivity index (χ0n) is 16.3. The second-order valence-electron chi connectivity index (χ2n) is 6.64. The molecule has 0 radical (unpaired) electrons. The third-order valence-corrected chi connectivity index (χ3v) is 4.60. The fourth-order valence-electron chi connectivity index (χ4n) is 2.98. The lowest BCUT2D eigenvalue weighted by atomic mass is 10.1. The summed E-state index contributed by atoms with van der Waals surface area (Å²) in [4.78, 5) is 20.3. The Morgan fingerprint density at radius 1 is 1.13 bits per heavy atom. The van der Waals surface area contributed by atoms with Crippen LogP contribution >= 0.6 is 0 Å². The van der Waals surface area contributed by atoms with Gasteiger partial charge in [-0.15, -0.1) is 0 Å². The molecule has 4 rings (SSSR count). The van der Waals surface area contributed by atoms with Gasteiger partial charge in [0.2, 0.25) is 5.88 Å². The van der Waals surface area contributed by atoms with E-state index in [0.717, 1.165) is 12.0 Å². The molecule has 0 bridgehead atoms. The molecule has 2 heterocycles. The molecule has 1 amide bonds. The first-order chi connectivity index (χ1) is 14.6. The van der Waals surface area contributed by atoms with E-state index in [0.29, 0.717) is 23.2 Å². The van der Waals surface area contributed by atoms with Crippen molar-refractivity contribution in [1.29, 1.82) is 0 Å². The fraction of sp³-hybridized carbons (Fsp3) is 0.182. The van der Waals surface area contributed by atoms with E-state index in [2.05, 4.69) is 27.4 Å². The summed E-state index contributed by atoms with van der Waals surface area (Å²) in [6.45, 7) is 2.24. The number of hydrogen-bond donors (Lipinski definition) is 1. The lowest BCUT2D eigenvalue weighted by Crippen LogP contribution is -2.28. The van der Waals surface area contributed by atoms with Crippen LogP contribution in [0, 0.1) is 5.82 Å². The van der Waals surface area contributed by atoms with Crippen LogP contribution in [-0.4, -0.2) is 27.6 Å². The van der Waals surface area contributed by atoms with Gasteiger partial charge < -0.3 is 14.6 Å². The van der Waals surface area contributed by atoms with Crippen molar-refractivity contribution < 1.29 is 18.4 Å². The molecule has 0 saturated heterocycles. The van der Waals surface area contributed by atoms with E-state index < -0.39 is 5.82 Å². The monoisotopic (exact) mass is 406 g/mol. The average molecular weight is 406 g/mol. The Labute approximate surface area is 171 Å². The van der Waals surface area contributed by atoms with Crippen molar-refractivity contribution in [3.8, 4) is 17.1 Å². The van der Waals surface area contributed by atoms with Crippen LogP contribution in [0.4, 0.5) is 4.39 Å². The third kappa shape index (κ3) is 4.27. The summed E-state index contributed by atoms with van der Waals surface area (Å²) in [5.41, 5.74) is 3.27. The summed E-state index contributed by atoms with van der Waals surface area (Å²) in [6.07, 6.45) is 2.22. The number of nitrogens with zero attached hydrogens (tertiary/aromatic N) is 3. The van der Waals surface area contributed by atoms with Gasteiger partial charge in [0.25, 0.3) is 11.6 Å². The largest absolute Gasteiger partial charge is 0.467 e. The molecular formula is C22H19FN4O3. The highest BCUT2D eigenvalue weighted by molar-refractivity contribution is 5.93. The number of nitrogens with one attached hydrogen (secondary N) is 1. The zero-order chi connectivity index (χ0) is 20.9. The highest BCUT2D eigenvalue weighted by Crippen LogP contribution is 2.32. The molecule has 7 nitrogen and oxygen atoms in total. The summed E-state index contributed by atoms with van der Waals surface area (Å²) >= 11 is 0. The van der Waals surface area contributed by atoms with Crippen molar-refractivity contribution in [1.82, 2.24) is 20.4 Å². The summed E-state index contributed by atoms with van der Waals surface area (Å²) in [7, 11) is 0. The third-order valence-electron chi connectivity index (χ3n) is 4.60. The lowest BCUT2D eigenvalue weighted by Gasteiger charge is -2.08. The molecule has 0 aliphatic heterocycles. The minimum atomic E-state index is -0.408. The predicted octanol–water partition coefficient (Wildman–Crippen LogP) is 3.68. The fourth-order valence-corrected chi connectivity index (χ4v) is 2.98. The second-order valence-corrected chi connectivity index (χ2v) is 6.64. The lowest BCUT2D eigenvalue weighted by molar-refractivity contribution is -0.123. The van der Waals surface area contributed by atoms with E-state index in [4.69, 9.17) is 9.26 Å². The molecule has 30 heavy (non-hydrogen) atoms. The van der Waals surface area contributed by atoms with E-state index in [9.17, 15) is 9.18 Å². The molecule has 2 aromatic heterocycles. The Balaban J connectivity index is 1.46. The Bertz CT molecular complexity index is 1170. The van der Waals surface area contributed by atoms with Gasteiger partial charge in [-0.05, 0) is 29.7 Å². The minimum Gasteiger partial charge on any atom is -0.467 e. The van der Waals surface area contributed by atoms with Gasteiger partial charge in [-0.25, -0.2) is 9.37 Å². The maximum Gasteiger partial charge on any atom is 0.265 e. The van der Waals surface area contributed by atoms with Crippen molar-refractivity contribution in [2.75, 3.05) is 6.61 Å². The van der Waals surface area contributed by atoms with Crippen LogP contribution in [-0.2, 0) is 17.8 Å². The Hall–Kier alpha value is -3.81. The van der Waals surface area contributed by atoms with Crippen molar-refractivity contribution in [3.63, 3.8) is 0 Å². The molecule has 0 aliphatic rings. The van der Waals surface area contributed by atoms with Crippen LogP contribution in [0.1, 0.15) is 18.1 Å². The average Bonchev–Trinajstić information content (AvgIpc) is 3.21. The van der Waals surface area contributed by atoms with Crippen LogP contribution < -0.4 is 10.1 Å². The Morgan fingerprint density at radius 2 is 1.93 bits per heavy atom. The smallest absolute Gasteiger partial charge is 0.265 e. The first kappa shape index (κ1) is 19.5. The summed E-state index contributed by atoms with van der Waals surface area (Å²) in [5, 5.41) is 7.15. The first-order valence-electron chi connectivity index (χ1n) is 9.47. The number of benzene rings is 2.